The SMILES string of the molecule is COC(=O)C[C@@H]1SC(=Nc2ccccc2)N(CCc2c[nH]c3ccc(OC)cc23)C1=O. The van der Waals surface area contributed by atoms with E-state index in [9.17, 15) is 9.59 Å². The van der Waals surface area contributed by atoms with E-state index in [0.717, 1.165) is 27.9 Å². The lowest BCUT2D eigenvalue weighted by Crippen LogP contribution is -2.34. The number of benzene rings is 2. The molecule has 0 aliphatic carbocycles. The van der Waals surface area contributed by atoms with E-state index in [1.54, 1.807) is 12.0 Å². The minimum absolute atomic E-state index is 0.0224. The molecule has 0 bridgehead atoms. The number of aromatic nitrogens is 1. The third-order valence-corrected chi connectivity index (χ3v) is 6.34. The second-order valence-corrected chi connectivity index (χ2v) is 8.25. The van der Waals surface area contributed by atoms with Crippen molar-refractivity contribution >= 4 is 45.4 Å². The van der Waals surface area contributed by atoms with Crippen LogP contribution in [0.2, 0.25) is 0 Å². The summed E-state index contributed by atoms with van der Waals surface area (Å²) < 4.78 is 10.1. The van der Waals surface area contributed by atoms with Crippen molar-refractivity contribution in [1.29, 1.82) is 0 Å². The van der Waals surface area contributed by atoms with Crippen LogP contribution in [0.5, 0.6) is 5.75 Å². The summed E-state index contributed by atoms with van der Waals surface area (Å²) in [6.07, 6.45) is 2.62. The predicted octanol–water partition coefficient (Wildman–Crippen LogP) is 3.91. The van der Waals surface area contributed by atoms with Crippen LogP contribution in [-0.4, -0.2) is 52.9 Å². The van der Waals surface area contributed by atoms with Crippen molar-refractivity contribution in [2.45, 2.75) is 18.1 Å². The van der Waals surface area contributed by atoms with Gasteiger partial charge in [0.2, 0.25) is 5.91 Å². The molecular formula is C23H23N3O4S. The van der Waals surface area contributed by atoms with Crippen LogP contribution in [0.4, 0.5) is 5.69 Å². The third-order valence-electron chi connectivity index (χ3n) is 5.16. The Balaban J connectivity index is 1.58. The number of esters is 1. The van der Waals surface area contributed by atoms with Crippen molar-refractivity contribution in [2.75, 3.05) is 20.8 Å². The second-order valence-electron chi connectivity index (χ2n) is 7.08. The number of nitrogens with one attached hydrogen (secondary N) is 1. The van der Waals surface area contributed by atoms with Crippen molar-refractivity contribution in [3.8, 4) is 5.75 Å². The fourth-order valence-electron chi connectivity index (χ4n) is 3.50. The molecule has 0 saturated carbocycles. The van der Waals surface area contributed by atoms with Gasteiger partial charge in [0.25, 0.3) is 0 Å². The summed E-state index contributed by atoms with van der Waals surface area (Å²) in [6.45, 7) is 0.458. The van der Waals surface area contributed by atoms with E-state index in [-0.39, 0.29) is 12.3 Å². The Morgan fingerprint density at radius 1 is 1.19 bits per heavy atom. The molecule has 31 heavy (non-hydrogen) atoms. The van der Waals surface area contributed by atoms with E-state index in [1.807, 2.05) is 54.7 Å². The Kier molecular flexibility index (Phi) is 6.27. The molecule has 2 aromatic carbocycles. The van der Waals surface area contributed by atoms with Gasteiger partial charge < -0.3 is 14.5 Å². The molecule has 1 fully saturated rings. The van der Waals surface area contributed by atoms with Gasteiger partial charge in [-0.05, 0) is 42.3 Å². The number of aliphatic imine (C=N–C) groups is 1. The van der Waals surface area contributed by atoms with Gasteiger partial charge in [-0.15, -0.1) is 0 Å². The van der Waals surface area contributed by atoms with E-state index in [1.165, 1.54) is 18.9 Å². The molecule has 3 aromatic rings. The number of carbonyl (C=O) groups is 2. The van der Waals surface area contributed by atoms with E-state index in [0.29, 0.717) is 18.1 Å². The molecule has 7 nitrogen and oxygen atoms in total. The lowest BCUT2D eigenvalue weighted by Gasteiger charge is -2.16. The first-order valence-electron chi connectivity index (χ1n) is 9.91. The normalized spacial score (nSPS) is 17.5. The number of H-pyrrole nitrogens is 1. The predicted molar refractivity (Wildman–Crippen MR) is 122 cm³/mol. The Morgan fingerprint density at radius 2 is 2.00 bits per heavy atom. The van der Waals surface area contributed by atoms with Crippen LogP contribution in [0.25, 0.3) is 10.9 Å². The van der Waals surface area contributed by atoms with Gasteiger partial charge >= 0.3 is 5.97 Å². The number of hydrogen-bond donors (Lipinski definition) is 1. The van der Waals surface area contributed by atoms with Crippen LogP contribution in [0, 0.1) is 0 Å². The van der Waals surface area contributed by atoms with E-state index >= 15 is 0 Å². The minimum atomic E-state index is -0.530. The Labute approximate surface area is 184 Å². The third kappa shape index (κ3) is 4.59. The number of aromatic amines is 1. The number of thioether (sulfide) groups is 1. The number of hydrogen-bond acceptors (Lipinski definition) is 6. The van der Waals surface area contributed by atoms with Crippen LogP contribution in [-0.2, 0) is 20.7 Å². The number of nitrogens with zero attached hydrogens (tertiary/aromatic N) is 2. The van der Waals surface area contributed by atoms with Crippen LogP contribution in [0.3, 0.4) is 0 Å². The summed E-state index contributed by atoms with van der Waals surface area (Å²) in [5, 5.41) is 1.13. The molecular weight excluding hydrogens is 414 g/mol. The largest absolute Gasteiger partial charge is 0.497 e. The quantitative estimate of drug-likeness (QED) is 0.567. The first-order valence-corrected chi connectivity index (χ1v) is 10.8. The number of rotatable bonds is 7. The highest BCUT2D eigenvalue weighted by atomic mass is 32.2. The van der Waals surface area contributed by atoms with Crippen LogP contribution >= 0.6 is 11.8 Å². The molecule has 160 valence electrons. The highest BCUT2D eigenvalue weighted by Crippen LogP contribution is 2.32. The zero-order valence-electron chi connectivity index (χ0n) is 17.3. The average molecular weight is 438 g/mol. The van der Waals surface area contributed by atoms with Crippen LogP contribution < -0.4 is 4.74 Å². The number of methoxy groups -OCH3 is 2. The van der Waals surface area contributed by atoms with E-state index in [4.69, 9.17) is 9.47 Å². The van der Waals surface area contributed by atoms with Gasteiger partial charge in [0.15, 0.2) is 5.17 Å². The zero-order chi connectivity index (χ0) is 21.8. The summed E-state index contributed by atoms with van der Waals surface area (Å²) in [6, 6.07) is 15.4. The van der Waals surface area contributed by atoms with Gasteiger partial charge in [0.1, 0.15) is 11.0 Å². The summed E-state index contributed by atoms with van der Waals surface area (Å²) in [7, 11) is 2.97. The Hall–Kier alpha value is -3.26. The zero-order valence-corrected chi connectivity index (χ0v) is 18.1. The summed E-state index contributed by atoms with van der Waals surface area (Å²) >= 11 is 1.31. The van der Waals surface area contributed by atoms with Crippen molar-refractivity contribution in [2.24, 2.45) is 4.99 Å². The van der Waals surface area contributed by atoms with Crippen LogP contribution in [0.15, 0.2) is 59.7 Å². The molecule has 0 unspecified atom stereocenters. The highest BCUT2D eigenvalue weighted by Gasteiger charge is 2.39. The Bertz CT molecular complexity index is 1130. The molecule has 0 radical (unpaired) electrons. The van der Waals surface area contributed by atoms with Crippen LogP contribution in [0.1, 0.15) is 12.0 Å². The molecule has 1 saturated heterocycles. The lowest BCUT2D eigenvalue weighted by molar-refractivity contribution is -0.142. The minimum Gasteiger partial charge on any atom is -0.497 e. The lowest BCUT2D eigenvalue weighted by atomic mass is 10.1. The molecule has 1 aromatic heterocycles. The van der Waals surface area contributed by atoms with Gasteiger partial charge in [-0.3, -0.25) is 14.5 Å². The first kappa shape index (κ1) is 21.0. The highest BCUT2D eigenvalue weighted by molar-refractivity contribution is 8.15. The monoisotopic (exact) mass is 437 g/mol. The van der Waals surface area contributed by atoms with Gasteiger partial charge in [0.05, 0.1) is 26.3 Å². The molecule has 1 atom stereocenters. The van der Waals surface area contributed by atoms with Gasteiger partial charge in [-0.2, -0.15) is 0 Å². The standard InChI is InChI=1S/C23H23N3O4S/c1-29-17-8-9-19-18(12-17)15(14-24-19)10-11-26-22(28)20(13-21(27)30-2)31-23(26)25-16-6-4-3-5-7-16/h3-9,12,14,20,24H,10-11,13H2,1-2H3/t20-/m0/s1. The molecule has 0 spiro atoms. The van der Waals surface area contributed by atoms with Crippen molar-refractivity contribution in [3.63, 3.8) is 0 Å². The van der Waals surface area contributed by atoms with Crippen molar-refractivity contribution in [3.05, 3.63) is 60.3 Å². The maximum atomic E-state index is 13.1. The fraction of sp³-hybridized carbons (Fsp3) is 0.261. The van der Waals surface area contributed by atoms with Gasteiger partial charge in [0, 0.05) is 23.6 Å². The second kappa shape index (κ2) is 9.26. The maximum absolute atomic E-state index is 13.1. The number of ether oxygens (including phenoxy) is 2. The van der Waals surface area contributed by atoms with Crippen molar-refractivity contribution in [1.82, 2.24) is 9.88 Å². The average Bonchev–Trinajstić information content (AvgIpc) is 3.33. The van der Waals surface area contributed by atoms with Gasteiger partial charge in [-0.25, -0.2) is 4.99 Å². The van der Waals surface area contributed by atoms with E-state index < -0.39 is 11.2 Å². The number of para-hydroxylation sites is 1. The molecule has 4 rings (SSSR count). The maximum Gasteiger partial charge on any atom is 0.307 e. The molecule has 1 aliphatic rings. The number of amides is 1. The first-order chi connectivity index (χ1) is 15.1. The summed E-state index contributed by atoms with van der Waals surface area (Å²) in [5.41, 5.74) is 2.86. The van der Waals surface area contributed by atoms with Crippen molar-refractivity contribution < 1.29 is 19.1 Å². The molecule has 2 heterocycles. The smallest absolute Gasteiger partial charge is 0.307 e. The number of amidine groups is 1. The molecule has 1 amide bonds. The fourth-order valence-corrected chi connectivity index (χ4v) is 4.67. The topological polar surface area (TPSA) is 84.0 Å². The number of fused-ring (bicyclic) bond motifs is 1. The molecule has 1 aliphatic heterocycles. The number of carbonyl (C=O) groups excluding carboxylic acids is 2. The molecule has 8 heteroatoms. The Morgan fingerprint density at radius 3 is 2.74 bits per heavy atom. The summed E-state index contributed by atoms with van der Waals surface area (Å²) in [5.74, 6) is 0.253. The summed E-state index contributed by atoms with van der Waals surface area (Å²) in [4.78, 5) is 34.4. The van der Waals surface area contributed by atoms with Gasteiger partial charge in [-0.1, -0.05) is 30.0 Å². The molecule has 1 N–H and O–H groups in total. The van der Waals surface area contributed by atoms with E-state index in [2.05, 4.69) is 9.98 Å².